The van der Waals surface area contributed by atoms with Gasteiger partial charge in [0.25, 0.3) is 0 Å². The number of alkyl halides is 1. The highest BCUT2D eigenvalue weighted by Crippen LogP contribution is 2.39. The molecule has 2 aliphatic carbocycles. The summed E-state index contributed by atoms with van der Waals surface area (Å²) in [6.07, 6.45) is 9.90. The molecule has 0 spiro atoms. The lowest BCUT2D eigenvalue weighted by atomic mass is 9.81. The SMILES string of the molecule is CC(OC1(CBr)CCCC1)C1CCC1. The van der Waals surface area contributed by atoms with Crippen molar-refractivity contribution in [3.05, 3.63) is 0 Å². The van der Waals surface area contributed by atoms with Gasteiger partial charge >= 0.3 is 0 Å². The van der Waals surface area contributed by atoms with Crippen molar-refractivity contribution in [2.45, 2.75) is 63.6 Å². The molecule has 2 heteroatoms. The topological polar surface area (TPSA) is 9.23 Å². The summed E-state index contributed by atoms with van der Waals surface area (Å²) in [6, 6.07) is 0. The van der Waals surface area contributed by atoms with Crippen LogP contribution in [0.25, 0.3) is 0 Å². The minimum atomic E-state index is 0.189. The third kappa shape index (κ3) is 2.16. The van der Waals surface area contributed by atoms with E-state index < -0.39 is 0 Å². The van der Waals surface area contributed by atoms with Crippen LogP contribution >= 0.6 is 15.9 Å². The van der Waals surface area contributed by atoms with Crippen molar-refractivity contribution in [2.75, 3.05) is 5.33 Å². The van der Waals surface area contributed by atoms with Crippen molar-refractivity contribution in [1.82, 2.24) is 0 Å². The summed E-state index contributed by atoms with van der Waals surface area (Å²) in [5.74, 6) is 0.853. The largest absolute Gasteiger partial charge is 0.371 e. The smallest absolute Gasteiger partial charge is 0.0782 e. The molecule has 0 N–H and O–H groups in total. The van der Waals surface area contributed by atoms with Crippen LogP contribution in [0.15, 0.2) is 0 Å². The number of ether oxygens (including phenoxy) is 1. The van der Waals surface area contributed by atoms with Crippen LogP contribution in [-0.4, -0.2) is 17.0 Å². The maximum absolute atomic E-state index is 6.31. The Labute approximate surface area is 95.7 Å². The van der Waals surface area contributed by atoms with E-state index in [2.05, 4.69) is 22.9 Å². The Bertz CT molecular complexity index is 183. The summed E-state index contributed by atoms with van der Waals surface area (Å²) < 4.78 is 6.31. The van der Waals surface area contributed by atoms with E-state index in [0.717, 1.165) is 11.2 Å². The highest BCUT2D eigenvalue weighted by Gasteiger charge is 2.37. The minimum Gasteiger partial charge on any atom is -0.371 e. The van der Waals surface area contributed by atoms with Gasteiger partial charge in [-0.3, -0.25) is 0 Å². The molecule has 2 saturated carbocycles. The quantitative estimate of drug-likeness (QED) is 0.697. The van der Waals surface area contributed by atoms with Crippen LogP contribution in [0.5, 0.6) is 0 Å². The van der Waals surface area contributed by atoms with E-state index in [0.29, 0.717) is 6.10 Å². The maximum atomic E-state index is 6.31. The van der Waals surface area contributed by atoms with Crippen LogP contribution in [-0.2, 0) is 4.74 Å². The van der Waals surface area contributed by atoms with Crippen molar-refractivity contribution in [2.24, 2.45) is 5.92 Å². The fourth-order valence-electron chi connectivity index (χ4n) is 2.70. The summed E-state index contributed by atoms with van der Waals surface area (Å²) in [7, 11) is 0. The monoisotopic (exact) mass is 260 g/mol. The van der Waals surface area contributed by atoms with Gasteiger partial charge in [0.15, 0.2) is 0 Å². The van der Waals surface area contributed by atoms with Crippen molar-refractivity contribution in [1.29, 1.82) is 0 Å². The van der Waals surface area contributed by atoms with Gasteiger partial charge in [-0.1, -0.05) is 35.2 Å². The van der Waals surface area contributed by atoms with E-state index in [-0.39, 0.29) is 5.60 Å². The predicted molar refractivity (Wildman–Crippen MR) is 62.9 cm³/mol. The van der Waals surface area contributed by atoms with Gasteiger partial charge < -0.3 is 4.74 Å². The minimum absolute atomic E-state index is 0.189. The normalized spacial score (nSPS) is 28.7. The fraction of sp³-hybridized carbons (Fsp3) is 1.00. The Morgan fingerprint density at radius 3 is 2.36 bits per heavy atom. The van der Waals surface area contributed by atoms with Crippen LogP contribution in [0.1, 0.15) is 51.9 Å². The first-order chi connectivity index (χ1) is 6.76. The molecule has 0 saturated heterocycles. The van der Waals surface area contributed by atoms with Gasteiger partial charge in [-0.05, 0) is 38.5 Å². The summed E-state index contributed by atoms with van der Waals surface area (Å²) in [5, 5.41) is 1.02. The van der Waals surface area contributed by atoms with Crippen LogP contribution in [0.3, 0.4) is 0 Å². The molecule has 1 unspecified atom stereocenters. The molecule has 14 heavy (non-hydrogen) atoms. The molecule has 0 aliphatic heterocycles. The standard InChI is InChI=1S/C12H21BrO/c1-10(11-5-4-6-11)14-12(9-13)7-2-3-8-12/h10-11H,2-9H2,1H3. The van der Waals surface area contributed by atoms with Crippen molar-refractivity contribution in [3.63, 3.8) is 0 Å². The zero-order valence-corrected chi connectivity index (χ0v) is 10.7. The molecule has 1 atom stereocenters. The van der Waals surface area contributed by atoms with Crippen molar-refractivity contribution >= 4 is 15.9 Å². The van der Waals surface area contributed by atoms with Gasteiger partial charge in [0, 0.05) is 5.33 Å². The molecule has 0 aromatic heterocycles. The van der Waals surface area contributed by atoms with Crippen LogP contribution < -0.4 is 0 Å². The lowest BCUT2D eigenvalue weighted by Gasteiger charge is -2.38. The zero-order valence-electron chi connectivity index (χ0n) is 9.10. The van der Waals surface area contributed by atoms with Crippen LogP contribution in [0, 0.1) is 5.92 Å². The lowest BCUT2D eigenvalue weighted by Crippen LogP contribution is -2.39. The first-order valence-corrected chi connectivity index (χ1v) is 7.12. The average Bonchev–Trinajstić information content (AvgIpc) is 2.50. The zero-order chi connectivity index (χ0) is 10.0. The molecule has 2 rings (SSSR count). The lowest BCUT2D eigenvalue weighted by molar-refractivity contribution is -0.102. The maximum Gasteiger partial charge on any atom is 0.0782 e. The van der Waals surface area contributed by atoms with E-state index in [1.165, 1.54) is 44.9 Å². The first kappa shape index (κ1) is 10.9. The highest BCUT2D eigenvalue weighted by atomic mass is 79.9. The van der Waals surface area contributed by atoms with Crippen molar-refractivity contribution < 1.29 is 4.74 Å². The predicted octanol–water partition coefficient (Wildman–Crippen LogP) is 3.90. The third-order valence-electron chi connectivity index (χ3n) is 4.01. The Hall–Kier alpha value is 0.440. The third-order valence-corrected chi connectivity index (χ3v) is 5.03. The molecule has 1 nitrogen and oxygen atoms in total. The number of halogens is 1. The molecule has 0 heterocycles. The van der Waals surface area contributed by atoms with Gasteiger partial charge in [-0.25, -0.2) is 0 Å². The van der Waals surface area contributed by atoms with E-state index in [4.69, 9.17) is 4.74 Å². The second-order valence-corrected chi connectivity index (χ2v) is 5.60. The Balaban J connectivity index is 1.86. The van der Waals surface area contributed by atoms with Crippen molar-refractivity contribution in [3.8, 4) is 0 Å². The van der Waals surface area contributed by atoms with Gasteiger partial charge in [0.05, 0.1) is 11.7 Å². The fourth-order valence-corrected chi connectivity index (χ4v) is 3.40. The Morgan fingerprint density at radius 1 is 1.29 bits per heavy atom. The molecule has 0 aromatic carbocycles. The number of rotatable bonds is 4. The van der Waals surface area contributed by atoms with Gasteiger partial charge in [-0.2, -0.15) is 0 Å². The number of hydrogen-bond acceptors (Lipinski definition) is 1. The molecule has 0 amide bonds. The summed E-state index contributed by atoms with van der Waals surface area (Å²) in [5.41, 5.74) is 0.189. The molecule has 2 aliphatic rings. The highest BCUT2D eigenvalue weighted by molar-refractivity contribution is 9.09. The second kappa shape index (κ2) is 4.52. The summed E-state index contributed by atoms with van der Waals surface area (Å²) in [6.45, 7) is 2.27. The molecule has 0 radical (unpaired) electrons. The molecule has 0 bridgehead atoms. The second-order valence-electron chi connectivity index (χ2n) is 5.04. The molecular formula is C12H21BrO. The van der Waals surface area contributed by atoms with Crippen LogP contribution in [0.4, 0.5) is 0 Å². The summed E-state index contributed by atoms with van der Waals surface area (Å²) in [4.78, 5) is 0. The Kier molecular flexibility index (Phi) is 3.54. The first-order valence-electron chi connectivity index (χ1n) is 5.99. The van der Waals surface area contributed by atoms with Crippen LogP contribution in [0.2, 0.25) is 0 Å². The van der Waals surface area contributed by atoms with Gasteiger partial charge in [-0.15, -0.1) is 0 Å². The van der Waals surface area contributed by atoms with E-state index in [9.17, 15) is 0 Å². The molecule has 82 valence electrons. The van der Waals surface area contributed by atoms with E-state index in [1.54, 1.807) is 0 Å². The van der Waals surface area contributed by atoms with E-state index >= 15 is 0 Å². The molecule has 2 fully saturated rings. The Morgan fingerprint density at radius 2 is 1.93 bits per heavy atom. The number of hydrogen-bond donors (Lipinski definition) is 0. The molecule has 0 aromatic rings. The summed E-state index contributed by atoms with van der Waals surface area (Å²) >= 11 is 3.63. The van der Waals surface area contributed by atoms with E-state index in [1.807, 2.05) is 0 Å². The van der Waals surface area contributed by atoms with Gasteiger partial charge in [0.1, 0.15) is 0 Å². The average molecular weight is 261 g/mol. The van der Waals surface area contributed by atoms with Gasteiger partial charge in [0.2, 0.25) is 0 Å². The molecular weight excluding hydrogens is 240 g/mol.